The van der Waals surface area contributed by atoms with Gasteiger partial charge in [0, 0.05) is 51.6 Å². The molecule has 29 heavy (non-hydrogen) atoms. The highest BCUT2D eigenvalue weighted by Crippen LogP contribution is 2.26. The minimum absolute atomic E-state index is 0.0916. The van der Waals surface area contributed by atoms with Crippen molar-refractivity contribution >= 4 is 11.8 Å². The Balaban J connectivity index is 1.27. The van der Waals surface area contributed by atoms with Gasteiger partial charge < -0.3 is 15.0 Å². The topological polar surface area (TPSA) is 61.9 Å². The number of hydrogen-bond donors (Lipinski definition) is 1. The number of carbonyl (C=O) groups excluding carboxylic acids is 2. The molecule has 2 aliphatic rings. The lowest BCUT2D eigenvalue weighted by Gasteiger charge is -2.36. The van der Waals surface area contributed by atoms with Crippen molar-refractivity contribution in [2.24, 2.45) is 5.92 Å². The van der Waals surface area contributed by atoms with Crippen molar-refractivity contribution in [2.45, 2.75) is 45.4 Å². The number of carbonyl (C=O) groups is 2. The van der Waals surface area contributed by atoms with Gasteiger partial charge in [0.1, 0.15) is 5.75 Å². The van der Waals surface area contributed by atoms with E-state index in [9.17, 15) is 9.59 Å². The average Bonchev–Trinajstić information content (AvgIpc) is 3.28. The van der Waals surface area contributed by atoms with E-state index < -0.39 is 0 Å². The first-order valence-electron chi connectivity index (χ1n) is 11.2. The number of nitrogens with one attached hydrogen (secondary N) is 1. The molecule has 1 aliphatic carbocycles. The minimum atomic E-state index is 0.0916. The van der Waals surface area contributed by atoms with Gasteiger partial charge >= 0.3 is 0 Å². The number of benzene rings is 1. The van der Waals surface area contributed by atoms with E-state index in [4.69, 9.17) is 4.74 Å². The maximum absolute atomic E-state index is 12.5. The monoisotopic (exact) mass is 401 g/mol. The molecular formula is C23H35N3O3. The second-order valence-electron chi connectivity index (χ2n) is 8.08. The molecule has 1 saturated carbocycles. The highest BCUT2D eigenvalue weighted by molar-refractivity contribution is 5.79. The van der Waals surface area contributed by atoms with Crippen LogP contribution in [-0.2, 0) is 16.0 Å². The molecular weight excluding hydrogens is 366 g/mol. The Hall–Kier alpha value is -2.08. The molecule has 0 bridgehead atoms. The van der Waals surface area contributed by atoms with Gasteiger partial charge in [-0.2, -0.15) is 0 Å². The summed E-state index contributed by atoms with van der Waals surface area (Å²) in [5, 5.41) is 3.02. The molecule has 2 fully saturated rings. The van der Waals surface area contributed by atoms with Crippen LogP contribution in [0.5, 0.6) is 5.75 Å². The van der Waals surface area contributed by atoms with E-state index in [1.54, 1.807) is 0 Å². The standard InChI is InChI=1S/C23H35N3O3/c1-2-29-21-10-7-19(8-11-21)9-12-22(27)24-13-14-25-15-17-26(18-16-25)23(28)20-5-3-4-6-20/h7-8,10-11,20H,2-6,9,12-18H2,1H3,(H,24,27). The van der Waals surface area contributed by atoms with Crippen LogP contribution in [0, 0.1) is 5.92 Å². The van der Waals surface area contributed by atoms with Gasteiger partial charge in [0.05, 0.1) is 6.61 Å². The predicted octanol–water partition coefficient (Wildman–Crippen LogP) is 2.47. The van der Waals surface area contributed by atoms with Crippen molar-refractivity contribution in [1.29, 1.82) is 0 Å². The molecule has 160 valence electrons. The van der Waals surface area contributed by atoms with Gasteiger partial charge in [-0.3, -0.25) is 14.5 Å². The number of aryl methyl sites for hydroxylation is 1. The summed E-state index contributed by atoms with van der Waals surface area (Å²) in [7, 11) is 0. The highest BCUT2D eigenvalue weighted by Gasteiger charge is 2.29. The van der Waals surface area contributed by atoms with E-state index in [0.29, 0.717) is 25.5 Å². The van der Waals surface area contributed by atoms with Crippen LogP contribution in [0.25, 0.3) is 0 Å². The highest BCUT2D eigenvalue weighted by atomic mass is 16.5. The van der Waals surface area contributed by atoms with Gasteiger partial charge in [-0.15, -0.1) is 0 Å². The second-order valence-corrected chi connectivity index (χ2v) is 8.08. The van der Waals surface area contributed by atoms with Gasteiger partial charge in [0.2, 0.25) is 11.8 Å². The van der Waals surface area contributed by atoms with E-state index in [0.717, 1.165) is 63.3 Å². The molecule has 1 aromatic carbocycles. The molecule has 3 rings (SSSR count). The van der Waals surface area contributed by atoms with Crippen molar-refractivity contribution in [1.82, 2.24) is 15.1 Å². The van der Waals surface area contributed by atoms with Gasteiger partial charge in [0.25, 0.3) is 0 Å². The molecule has 0 atom stereocenters. The van der Waals surface area contributed by atoms with Gasteiger partial charge in [-0.25, -0.2) is 0 Å². The molecule has 1 heterocycles. The Morgan fingerprint density at radius 3 is 2.41 bits per heavy atom. The Labute approximate surface area is 174 Å². The quantitative estimate of drug-likeness (QED) is 0.691. The Morgan fingerprint density at radius 2 is 1.76 bits per heavy atom. The van der Waals surface area contributed by atoms with Crippen LogP contribution in [0.2, 0.25) is 0 Å². The average molecular weight is 402 g/mol. The number of hydrogen-bond acceptors (Lipinski definition) is 4. The second kappa shape index (κ2) is 11.2. The molecule has 1 N–H and O–H groups in total. The summed E-state index contributed by atoms with van der Waals surface area (Å²) in [6.07, 6.45) is 5.78. The van der Waals surface area contributed by atoms with Crippen LogP contribution in [0.3, 0.4) is 0 Å². The third kappa shape index (κ3) is 6.74. The summed E-state index contributed by atoms with van der Waals surface area (Å²) in [5.74, 6) is 1.60. The Morgan fingerprint density at radius 1 is 1.07 bits per heavy atom. The Bertz CT molecular complexity index is 648. The van der Waals surface area contributed by atoms with Crippen LogP contribution >= 0.6 is 0 Å². The summed E-state index contributed by atoms with van der Waals surface area (Å²) >= 11 is 0. The zero-order chi connectivity index (χ0) is 20.5. The molecule has 2 amide bonds. The summed E-state index contributed by atoms with van der Waals surface area (Å²) in [6.45, 7) is 7.59. The number of piperazine rings is 1. The van der Waals surface area contributed by atoms with Crippen molar-refractivity contribution in [3.8, 4) is 5.75 Å². The smallest absolute Gasteiger partial charge is 0.225 e. The molecule has 0 unspecified atom stereocenters. The summed E-state index contributed by atoms with van der Waals surface area (Å²) in [5.41, 5.74) is 1.15. The SMILES string of the molecule is CCOc1ccc(CCC(=O)NCCN2CCN(C(=O)C3CCCC3)CC2)cc1. The van der Waals surface area contributed by atoms with E-state index in [2.05, 4.69) is 10.2 Å². The first kappa shape index (κ1) is 21.6. The predicted molar refractivity (Wildman–Crippen MR) is 114 cm³/mol. The van der Waals surface area contributed by atoms with Crippen LogP contribution in [0.15, 0.2) is 24.3 Å². The summed E-state index contributed by atoms with van der Waals surface area (Å²) in [6, 6.07) is 7.94. The van der Waals surface area contributed by atoms with Crippen LogP contribution in [0.1, 0.15) is 44.6 Å². The lowest BCUT2D eigenvalue weighted by molar-refractivity contribution is -0.137. The lowest BCUT2D eigenvalue weighted by Crippen LogP contribution is -2.51. The number of rotatable bonds is 9. The number of nitrogens with zero attached hydrogens (tertiary/aromatic N) is 2. The lowest BCUT2D eigenvalue weighted by atomic mass is 10.1. The molecule has 6 nitrogen and oxygen atoms in total. The maximum Gasteiger partial charge on any atom is 0.225 e. The number of amides is 2. The summed E-state index contributed by atoms with van der Waals surface area (Å²) < 4.78 is 5.44. The molecule has 0 aromatic heterocycles. The first-order valence-corrected chi connectivity index (χ1v) is 11.2. The van der Waals surface area contributed by atoms with E-state index in [-0.39, 0.29) is 11.8 Å². The molecule has 0 radical (unpaired) electrons. The fourth-order valence-corrected chi connectivity index (χ4v) is 4.24. The van der Waals surface area contributed by atoms with Crippen molar-refractivity contribution < 1.29 is 14.3 Å². The zero-order valence-corrected chi connectivity index (χ0v) is 17.7. The van der Waals surface area contributed by atoms with Gasteiger partial charge in [0.15, 0.2) is 0 Å². The number of ether oxygens (including phenoxy) is 1. The van der Waals surface area contributed by atoms with Crippen LogP contribution in [-0.4, -0.2) is 67.5 Å². The first-order chi connectivity index (χ1) is 14.2. The normalized spacial score (nSPS) is 18.0. The molecule has 1 aromatic rings. The van der Waals surface area contributed by atoms with Crippen LogP contribution < -0.4 is 10.1 Å². The van der Waals surface area contributed by atoms with Crippen molar-refractivity contribution in [2.75, 3.05) is 45.9 Å². The van der Waals surface area contributed by atoms with E-state index in [1.165, 1.54) is 12.8 Å². The molecule has 6 heteroatoms. The third-order valence-electron chi connectivity index (χ3n) is 6.01. The molecule has 1 aliphatic heterocycles. The molecule has 1 saturated heterocycles. The maximum atomic E-state index is 12.5. The minimum Gasteiger partial charge on any atom is -0.494 e. The van der Waals surface area contributed by atoms with E-state index in [1.807, 2.05) is 36.1 Å². The van der Waals surface area contributed by atoms with Crippen molar-refractivity contribution in [3.05, 3.63) is 29.8 Å². The largest absolute Gasteiger partial charge is 0.494 e. The van der Waals surface area contributed by atoms with Gasteiger partial charge in [-0.1, -0.05) is 25.0 Å². The van der Waals surface area contributed by atoms with Gasteiger partial charge in [-0.05, 0) is 43.9 Å². The fraction of sp³-hybridized carbons (Fsp3) is 0.652. The zero-order valence-electron chi connectivity index (χ0n) is 17.7. The van der Waals surface area contributed by atoms with Crippen molar-refractivity contribution in [3.63, 3.8) is 0 Å². The fourth-order valence-electron chi connectivity index (χ4n) is 4.24. The Kier molecular flexibility index (Phi) is 8.35. The van der Waals surface area contributed by atoms with Crippen LogP contribution in [0.4, 0.5) is 0 Å². The van der Waals surface area contributed by atoms with E-state index >= 15 is 0 Å². The molecule has 0 spiro atoms. The third-order valence-corrected chi connectivity index (χ3v) is 6.01. The summed E-state index contributed by atoms with van der Waals surface area (Å²) in [4.78, 5) is 29.0.